The highest BCUT2D eigenvalue weighted by Gasteiger charge is 2.15. The standard InChI is InChI=1S/C30H40N6O3/c1-5-37-25-10-8-9-21(17-25)16-24-19-26(38-6-2)18-23(28(24)35-29(31)32)14-13-22-12-11-20(4)15-27(22)34-30(33)36-39-7-3/h8-12,15,17-19H,5-7,13-14,16H2,1-4H3,(H4,31,32,35)(H3,33,34,36). The van der Waals surface area contributed by atoms with Crippen LogP contribution in [-0.4, -0.2) is 31.7 Å². The Kier molecular flexibility index (Phi) is 11.0. The smallest absolute Gasteiger partial charge is 0.218 e. The number of ether oxygens (including phenoxy) is 2. The van der Waals surface area contributed by atoms with Crippen molar-refractivity contribution in [3.8, 4) is 11.5 Å². The molecule has 0 aromatic heterocycles. The molecular formula is C30H40N6O3. The number of aliphatic imine (C=N–C) groups is 2. The van der Waals surface area contributed by atoms with E-state index < -0.39 is 0 Å². The van der Waals surface area contributed by atoms with E-state index in [0.717, 1.165) is 50.7 Å². The first kappa shape index (κ1) is 29.3. The first-order valence-corrected chi connectivity index (χ1v) is 13.2. The van der Waals surface area contributed by atoms with Gasteiger partial charge in [-0.25, -0.2) is 15.5 Å². The van der Waals surface area contributed by atoms with Gasteiger partial charge in [0.1, 0.15) is 11.5 Å². The van der Waals surface area contributed by atoms with Crippen molar-refractivity contribution in [3.05, 3.63) is 82.4 Å². The summed E-state index contributed by atoms with van der Waals surface area (Å²) in [5.74, 6) is 1.79. The van der Waals surface area contributed by atoms with Crippen LogP contribution in [0.4, 0.5) is 11.4 Å². The predicted octanol–water partition coefficient (Wildman–Crippen LogP) is 4.56. The molecule has 0 heterocycles. The minimum Gasteiger partial charge on any atom is -0.494 e. The van der Waals surface area contributed by atoms with Gasteiger partial charge in [-0.1, -0.05) is 24.3 Å². The Hall–Kier alpha value is -4.24. The molecule has 0 saturated carbocycles. The van der Waals surface area contributed by atoms with E-state index in [-0.39, 0.29) is 11.9 Å². The Labute approximate surface area is 231 Å². The van der Waals surface area contributed by atoms with Crippen LogP contribution in [0, 0.1) is 6.92 Å². The molecule has 0 spiro atoms. The third kappa shape index (κ3) is 8.93. The van der Waals surface area contributed by atoms with Gasteiger partial charge in [-0.2, -0.15) is 0 Å². The van der Waals surface area contributed by atoms with Gasteiger partial charge in [-0.05, 0) is 105 Å². The van der Waals surface area contributed by atoms with Crippen LogP contribution in [0.2, 0.25) is 0 Å². The Morgan fingerprint density at radius 3 is 2.21 bits per heavy atom. The number of nitrogens with one attached hydrogen (secondary N) is 1. The van der Waals surface area contributed by atoms with E-state index in [9.17, 15) is 0 Å². The van der Waals surface area contributed by atoms with E-state index in [4.69, 9.17) is 31.5 Å². The van der Waals surface area contributed by atoms with Gasteiger partial charge in [0.2, 0.25) is 5.96 Å². The van der Waals surface area contributed by atoms with Crippen LogP contribution < -0.4 is 32.2 Å². The van der Waals surface area contributed by atoms with Gasteiger partial charge < -0.3 is 26.7 Å². The van der Waals surface area contributed by atoms with Crippen molar-refractivity contribution in [3.63, 3.8) is 0 Å². The summed E-state index contributed by atoms with van der Waals surface area (Å²) in [6, 6.07) is 18.2. The van der Waals surface area contributed by atoms with Crippen molar-refractivity contribution in [1.82, 2.24) is 5.48 Å². The molecule has 208 valence electrons. The zero-order chi connectivity index (χ0) is 28.2. The maximum atomic E-state index is 6.02. The molecule has 7 N–H and O–H groups in total. The Balaban J connectivity index is 2.00. The van der Waals surface area contributed by atoms with Crippen LogP contribution in [0.5, 0.6) is 11.5 Å². The first-order valence-electron chi connectivity index (χ1n) is 13.2. The Bertz CT molecular complexity index is 1300. The lowest BCUT2D eigenvalue weighted by atomic mass is 9.95. The molecule has 0 saturated heterocycles. The minimum atomic E-state index is 0.000115. The molecule has 0 aliphatic heterocycles. The highest BCUT2D eigenvalue weighted by Crippen LogP contribution is 2.34. The summed E-state index contributed by atoms with van der Waals surface area (Å²) in [5.41, 5.74) is 27.1. The molecule has 0 fully saturated rings. The molecule has 0 radical (unpaired) electrons. The van der Waals surface area contributed by atoms with E-state index in [1.807, 2.05) is 64.1 Å². The fourth-order valence-corrected chi connectivity index (χ4v) is 4.27. The SMILES string of the molecule is CCONC(N)=Nc1cc(C)ccc1CCc1cc(OCC)cc(Cc2cccc(OCC)c2)c1N=C(N)N. The van der Waals surface area contributed by atoms with Gasteiger partial charge >= 0.3 is 0 Å². The predicted molar refractivity (Wildman–Crippen MR) is 158 cm³/mol. The molecule has 39 heavy (non-hydrogen) atoms. The van der Waals surface area contributed by atoms with Gasteiger partial charge in [0.05, 0.1) is 31.2 Å². The fraction of sp³-hybridized carbons (Fsp3) is 0.333. The summed E-state index contributed by atoms with van der Waals surface area (Å²) < 4.78 is 11.6. The van der Waals surface area contributed by atoms with Crippen LogP contribution in [-0.2, 0) is 24.1 Å². The minimum absolute atomic E-state index is 0.000115. The molecule has 0 amide bonds. The number of hydrogen-bond acceptors (Lipinski definition) is 5. The maximum Gasteiger partial charge on any atom is 0.218 e. The average Bonchev–Trinajstić information content (AvgIpc) is 2.89. The summed E-state index contributed by atoms with van der Waals surface area (Å²) in [6.45, 7) is 9.44. The molecule has 3 aromatic rings. The Morgan fingerprint density at radius 2 is 1.49 bits per heavy atom. The number of nitrogens with two attached hydrogens (primary N) is 3. The lowest BCUT2D eigenvalue weighted by Crippen LogP contribution is -2.31. The van der Waals surface area contributed by atoms with Crippen molar-refractivity contribution in [1.29, 1.82) is 0 Å². The van der Waals surface area contributed by atoms with Crippen LogP contribution in [0.3, 0.4) is 0 Å². The topological polar surface area (TPSA) is 142 Å². The van der Waals surface area contributed by atoms with Gasteiger partial charge in [0, 0.05) is 0 Å². The summed E-state index contributed by atoms with van der Waals surface area (Å²) in [4.78, 5) is 14.3. The number of hydrogen-bond donors (Lipinski definition) is 4. The quantitative estimate of drug-likeness (QED) is 0.144. The van der Waals surface area contributed by atoms with E-state index in [2.05, 4.69) is 33.7 Å². The van der Waals surface area contributed by atoms with Crippen LogP contribution in [0.15, 0.2) is 64.6 Å². The molecule has 0 unspecified atom stereocenters. The van der Waals surface area contributed by atoms with E-state index in [1.165, 1.54) is 0 Å². The van der Waals surface area contributed by atoms with Crippen molar-refractivity contribution in [2.45, 2.75) is 47.0 Å². The van der Waals surface area contributed by atoms with Gasteiger partial charge in [-0.15, -0.1) is 0 Å². The summed E-state index contributed by atoms with van der Waals surface area (Å²) in [6.07, 6.45) is 1.95. The molecule has 0 bridgehead atoms. The van der Waals surface area contributed by atoms with E-state index in [0.29, 0.717) is 39.1 Å². The van der Waals surface area contributed by atoms with Crippen molar-refractivity contribution in [2.75, 3.05) is 19.8 Å². The third-order valence-electron chi connectivity index (χ3n) is 5.86. The molecule has 0 aliphatic carbocycles. The van der Waals surface area contributed by atoms with E-state index >= 15 is 0 Å². The highest BCUT2D eigenvalue weighted by molar-refractivity contribution is 5.81. The molecule has 0 aliphatic rings. The largest absolute Gasteiger partial charge is 0.494 e. The van der Waals surface area contributed by atoms with Crippen molar-refractivity contribution < 1.29 is 14.3 Å². The normalized spacial score (nSPS) is 11.2. The molecule has 9 nitrogen and oxygen atoms in total. The molecule has 3 aromatic carbocycles. The maximum absolute atomic E-state index is 6.02. The Morgan fingerprint density at radius 1 is 0.769 bits per heavy atom. The van der Waals surface area contributed by atoms with Crippen LogP contribution >= 0.6 is 0 Å². The number of aryl methyl sites for hydroxylation is 3. The van der Waals surface area contributed by atoms with Gasteiger partial charge in [0.15, 0.2) is 5.96 Å². The molecular weight excluding hydrogens is 492 g/mol. The average molecular weight is 533 g/mol. The molecule has 3 rings (SSSR count). The zero-order valence-electron chi connectivity index (χ0n) is 23.3. The zero-order valence-corrected chi connectivity index (χ0v) is 23.3. The first-order chi connectivity index (χ1) is 18.8. The van der Waals surface area contributed by atoms with Crippen LogP contribution in [0.25, 0.3) is 0 Å². The summed E-state index contributed by atoms with van der Waals surface area (Å²) in [5, 5.41) is 0. The number of benzene rings is 3. The monoisotopic (exact) mass is 532 g/mol. The lowest BCUT2D eigenvalue weighted by Gasteiger charge is -2.16. The summed E-state index contributed by atoms with van der Waals surface area (Å²) in [7, 11) is 0. The van der Waals surface area contributed by atoms with Crippen molar-refractivity contribution >= 4 is 23.3 Å². The number of nitrogens with zero attached hydrogens (tertiary/aromatic N) is 2. The number of hydroxylamine groups is 1. The van der Waals surface area contributed by atoms with Gasteiger partial charge in [0.25, 0.3) is 0 Å². The van der Waals surface area contributed by atoms with Gasteiger partial charge in [-0.3, -0.25) is 4.84 Å². The number of rotatable bonds is 13. The lowest BCUT2D eigenvalue weighted by molar-refractivity contribution is 0.0960. The second kappa shape index (κ2) is 14.6. The highest BCUT2D eigenvalue weighted by atomic mass is 16.6. The summed E-state index contributed by atoms with van der Waals surface area (Å²) >= 11 is 0. The fourth-order valence-electron chi connectivity index (χ4n) is 4.27. The van der Waals surface area contributed by atoms with E-state index in [1.54, 1.807) is 0 Å². The van der Waals surface area contributed by atoms with Crippen LogP contribution in [0.1, 0.15) is 48.6 Å². The molecule has 9 heteroatoms. The third-order valence-corrected chi connectivity index (χ3v) is 5.86. The molecule has 0 atom stereocenters. The number of guanidine groups is 2. The second-order valence-corrected chi connectivity index (χ2v) is 8.98. The van der Waals surface area contributed by atoms with Crippen molar-refractivity contribution in [2.24, 2.45) is 27.2 Å². The second-order valence-electron chi connectivity index (χ2n) is 8.98.